The Hall–Kier alpha value is -1.68. The van der Waals surface area contributed by atoms with Crippen LogP contribution in [0.5, 0.6) is 0 Å². The maximum atomic E-state index is 5.60. The van der Waals surface area contributed by atoms with E-state index in [2.05, 4.69) is 21.6 Å². The fourth-order valence-corrected chi connectivity index (χ4v) is 2.43. The number of nitrogens with zero attached hydrogens (tertiary/aromatic N) is 2. The predicted molar refractivity (Wildman–Crippen MR) is 71.6 cm³/mol. The number of fused-ring (bicyclic) bond motifs is 1. The van der Waals surface area contributed by atoms with E-state index in [9.17, 15) is 0 Å². The Morgan fingerprint density at radius 3 is 2.89 bits per heavy atom. The van der Waals surface area contributed by atoms with Gasteiger partial charge in [-0.25, -0.2) is 0 Å². The molecule has 0 bridgehead atoms. The summed E-state index contributed by atoms with van der Waals surface area (Å²) in [4.78, 5) is 0. The minimum atomic E-state index is -0.00136. The second-order valence-corrected chi connectivity index (χ2v) is 4.87. The molecular formula is C14H17N3O. The number of ether oxygens (including phenoxy) is 1. The van der Waals surface area contributed by atoms with Gasteiger partial charge in [-0.05, 0) is 19.3 Å². The van der Waals surface area contributed by atoms with Crippen LogP contribution < -0.4 is 5.32 Å². The van der Waals surface area contributed by atoms with Crippen molar-refractivity contribution in [2.24, 2.45) is 0 Å². The van der Waals surface area contributed by atoms with Gasteiger partial charge in [-0.15, -0.1) is 5.10 Å². The van der Waals surface area contributed by atoms with Gasteiger partial charge < -0.3 is 10.1 Å². The summed E-state index contributed by atoms with van der Waals surface area (Å²) < 4.78 is 5.60. The van der Waals surface area contributed by atoms with Crippen molar-refractivity contribution < 1.29 is 4.74 Å². The summed E-state index contributed by atoms with van der Waals surface area (Å²) in [5.74, 6) is 0.844. The van der Waals surface area contributed by atoms with E-state index in [1.165, 1.54) is 6.42 Å². The van der Waals surface area contributed by atoms with Crippen molar-refractivity contribution in [3.05, 3.63) is 30.5 Å². The number of hydrogen-bond acceptors (Lipinski definition) is 4. The van der Waals surface area contributed by atoms with E-state index in [0.717, 1.165) is 36.0 Å². The summed E-state index contributed by atoms with van der Waals surface area (Å²) in [5, 5.41) is 13.8. The summed E-state index contributed by atoms with van der Waals surface area (Å²) >= 11 is 0. The van der Waals surface area contributed by atoms with Gasteiger partial charge in [-0.3, -0.25) is 0 Å². The highest BCUT2D eigenvalue weighted by molar-refractivity contribution is 5.90. The quantitative estimate of drug-likeness (QED) is 0.896. The minimum absolute atomic E-state index is 0.00136. The number of anilines is 1. The largest absolute Gasteiger partial charge is 0.376 e. The van der Waals surface area contributed by atoms with E-state index in [4.69, 9.17) is 4.74 Å². The van der Waals surface area contributed by atoms with Gasteiger partial charge in [-0.1, -0.05) is 24.3 Å². The molecule has 0 aliphatic heterocycles. The van der Waals surface area contributed by atoms with Crippen molar-refractivity contribution in [2.45, 2.75) is 24.9 Å². The maximum Gasteiger partial charge on any atom is 0.156 e. The Morgan fingerprint density at radius 2 is 2.17 bits per heavy atom. The lowest BCUT2D eigenvalue weighted by Gasteiger charge is -2.40. The molecule has 1 aromatic heterocycles. The lowest BCUT2D eigenvalue weighted by atomic mass is 9.80. The SMILES string of the molecule is COC1(CNc2nncc3ccccc23)CCC1. The molecular weight excluding hydrogens is 226 g/mol. The van der Waals surface area contributed by atoms with E-state index in [-0.39, 0.29) is 5.60 Å². The van der Waals surface area contributed by atoms with Crippen molar-refractivity contribution in [3.8, 4) is 0 Å². The van der Waals surface area contributed by atoms with Gasteiger partial charge >= 0.3 is 0 Å². The van der Waals surface area contributed by atoms with Crippen LogP contribution in [-0.4, -0.2) is 29.5 Å². The molecule has 2 aromatic rings. The normalized spacial score (nSPS) is 17.4. The number of methoxy groups -OCH3 is 1. The predicted octanol–water partition coefficient (Wildman–Crippen LogP) is 2.61. The summed E-state index contributed by atoms with van der Waals surface area (Å²) in [7, 11) is 1.79. The molecule has 4 heteroatoms. The first-order chi connectivity index (χ1) is 8.83. The Labute approximate surface area is 106 Å². The first-order valence-electron chi connectivity index (χ1n) is 6.32. The molecule has 1 saturated carbocycles. The standard InChI is InChI=1S/C14H17N3O/c1-18-14(7-4-8-14)10-15-13-12-6-3-2-5-11(12)9-16-17-13/h2-3,5-6,9H,4,7-8,10H2,1H3,(H,15,17). The zero-order chi connectivity index (χ0) is 12.4. The summed E-state index contributed by atoms with van der Waals surface area (Å²) in [6.07, 6.45) is 5.27. The van der Waals surface area contributed by atoms with Crippen LogP contribution in [0.2, 0.25) is 0 Å². The molecule has 3 rings (SSSR count). The van der Waals surface area contributed by atoms with E-state index in [1.54, 1.807) is 13.3 Å². The average Bonchev–Trinajstić information content (AvgIpc) is 2.38. The third kappa shape index (κ3) is 1.93. The first kappa shape index (κ1) is 11.4. The number of nitrogens with one attached hydrogen (secondary N) is 1. The molecule has 1 aromatic carbocycles. The smallest absolute Gasteiger partial charge is 0.156 e. The van der Waals surface area contributed by atoms with Crippen molar-refractivity contribution >= 4 is 16.6 Å². The van der Waals surface area contributed by atoms with Gasteiger partial charge in [0.05, 0.1) is 11.8 Å². The first-order valence-corrected chi connectivity index (χ1v) is 6.32. The zero-order valence-corrected chi connectivity index (χ0v) is 10.5. The maximum absolute atomic E-state index is 5.60. The molecule has 18 heavy (non-hydrogen) atoms. The number of benzene rings is 1. The summed E-state index contributed by atoms with van der Waals surface area (Å²) in [6, 6.07) is 8.14. The monoisotopic (exact) mass is 243 g/mol. The van der Waals surface area contributed by atoms with Gasteiger partial charge in [0, 0.05) is 24.4 Å². The van der Waals surface area contributed by atoms with Crippen molar-refractivity contribution in [3.63, 3.8) is 0 Å². The average molecular weight is 243 g/mol. The zero-order valence-electron chi connectivity index (χ0n) is 10.5. The lowest BCUT2D eigenvalue weighted by Crippen LogP contribution is -2.45. The van der Waals surface area contributed by atoms with E-state index in [1.807, 2.05) is 18.2 Å². The molecule has 1 fully saturated rings. The second-order valence-electron chi connectivity index (χ2n) is 4.87. The van der Waals surface area contributed by atoms with Crippen LogP contribution in [0.25, 0.3) is 10.8 Å². The molecule has 1 aliphatic rings. The van der Waals surface area contributed by atoms with Crippen LogP contribution in [-0.2, 0) is 4.74 Å². The molecule has 1 heterocycles. The van der Waals surface area contributed by atoms with Gasteiger partial charge in [0.15, 0.2) is 5.82 Å². The van der Waals surface area contributed by atoms with Crippen molar-refractivity contribution in [1.29, 1.82) is 0 Å². The molecule has 1 aliphatic carbocycles. The molecule has 94 valence electrons. The fraction of sp³-hybridized carbons (Fsp3) is 0.429. The Bertz CT molecular complexity index is 541. The highest BCUT2D eigenvalue weighted by atomic mass is 16.5. The summed E-state index contributed by atoms with van der Waals surface area (Å²) in [6.45, 7) is 0.798. The molecule has 0 unspecified atom stereocenters. The lowest BCUT2D eigenvalue weighted by molar-refractivity contribution is -0.0601. The Kier molecular flexibility index (Phi) is 2.88. The topological polar surface area (TPSA) is 47.0 Å². The van der Waals surface area contributed by atoms with Gasteiger partial charge in [0.2, 0.25) is 0 Å². The van der Waals surface area contributed by atoms with Crippen LogP contribution in [0.1, 0.15) is 19.3 Å². The van der Waals surface area contributed by atoms with E-state index in [0.29, 0.717) is 0 Å². The molecule has 1 N–H and O–H groups in total. The van der Waals surface area contributed by atoms with Gasteiger partial charge in [0.1, 0.15) is 0 Å². The molecule has 0 atom stereocenters. The molecule has 0 saturated heterocycles. The number of hydrogen-bond donors (Lipinski definition) is 1. The van der Waals surface area contributed by atoms with Gasteiger partial charge in [0.25, 0.3) is 0 Å². The van der Waals surface area contributed by atoms with Crippen LogP contribution >= 0.6 is 0 Å². The Balaban J connectivity index is 1.82. The highest BCUT2D eigenvalue weighted by Gasteiger charge is 2.36. The van der Waals surface area contributed by atoms with Crippen molar-refractivity contribution in [1.82, 2.24) is 10.2 Å². The molecule has 0 amide bonds. The number of aromatic nitrogens is 2. The van der Waals surface area contributed by atoms with Gasteiger partial charge in [-0.2, -0.15) is 5.10 Å². The van der Waals surface area contributed by atoms with Crippen molar-refractivity contribution in [2.75, 3.05) is 19.0 Å². The van der Waals surface area contributed by atoms with Crippen LogP contribution in [0, 0.1) is 0 Å². The van der Waals surface area contributed by atoms with E-state index < -0.39 is 0 Å². The number of rotatable bonds is 4. The molecule has 0 spiro atoms. The molecule has 0 radical (unpaired) electrons. The molecule has 4 nitrogen and oxygen atoms in total. The van der Waals surface area contributed by atoms with E-state index >= 15 is 0 Å². The third-order valence-electron chi connectivity index (χ3n) is 3.85. The second kappa shape index (κ2) is 4.53. The Morgan fingerprint density at radius 1 is 1.33 bits per heavy atom. The summed E-state index contributed by atoms with van der Waals surface area (Å²) in [5.41, 5.74) is -0.00136. The van der Waals surface area contributed by atoms with Crippen LogP contribution in [0.4, 0.5) is 5.82 Å². The third-order valence-corrected chi connectivity index (χ3v) is 3.85. The van der Waals surface area contributed by atoms with Crippen LogP contribution in [0.3, 0.4) is 0 Å². The van der Waals surface area contributed by atoms with Crippen LogP contribution in [0.15, 0.2) is 30.5 Å². The highest BCUT2D eigenvalue weighted by Crippen LogP contribution is 2.35. The minimum Gasteiger partial charge on any atom is -0.376 e. The fourth-order valence-electron chi connectivity index (χ4n) is 2.43.